The number of hydrogen-bond donors (Lipinski definition) is 4. The van der Waals surface area contributed by atoms with Crippen LogP contribution in [0.2, 0.25) is 0 Å². The Morgan fingerprint density at radius 2 is 1.76 bits per heavy atom. The van der Waals surface area contributed by atoms with Crippen LogP contribution in [-0.2, 0) is 0 Å². The zero-order chi connectivity index (χ0) is 15.8. The van der Waals surface area contributed by atoms with Crippen LogP contribution in [0.15, 0.2) is 6.33 Å². The van der Waals surface area contributed by atoms with Crippen molar-refractivity contribution in [3.8, 4) is 0 Å². The molecule has 0 atom stereocenters. The topological polar surface area (TPSA) is 93.9 Å². The smallest absolute Gasteiger partial charge is 0.140 e. The lowest BCUT2D eigenvalue weighted by Gasteiger charge is -2.27. The summed E-state index contributed by atoms with van der Waals surface area (Å²) in [5.41, 5.74) is 1.15. The Balaban J connectivity index is 0.00000106. The van der Waals surface area contributed by atoms with Crippen LogP contribution in [0.4, 0.5) is 11.6 Å². The highest BCUT2D eigenvalue weighted by molar-refractivity contribution is 6.04. The largest absolute Gasteiger partial charge is 0.393 e. The first-order valence-electron chi connectivity index (χ1n) is 7.64. The van der Waals surface area contributed by atoms with Gasteiger partial charge in [-0.2, -0.15) is 0 Å². The summed E-state index contributed by atoms with van der Waals surface area (Å²) >= 11 is 0. The first-order chi connectivity index (χ1) is 10.1. The van der Waals surface area contributed by atoms with E-state index in [9.17, 15) is 5.11 Å². The van der Waals surface area contributed by atoms with Crippen LogP contribution >= 0.6 is 0 Å². The number of aliphatic hydroxyl groups excluding tert-OH is 1. The van der Waals surface area contributed by atoms with Crippen molar-refractivity contribution in [2.24, 2.45) is 0 Å². The van der Waals surface area contributed by atoms with Crippen molar-refractivity contribution >= 4 is 17.3 Å². The molecule has 1 saturated carbocycles. The van der Waals surface area contributed by atoms with E-state index >= 15 is 0 Å². The molecule has 1 aromatic rings. The monoisotopic (exact) mass is 293 g/mol. The first kappa shape index (κ1) is 17.4. The van der Waals surface area contributed by atoms with Crippen LogP contribution in [0, 0.1) is 5.41 Å². The van der Waals surface area contributed by atoms with Crippen LogP contribution in [0.1, 0.15) is 52.0 Å². The average Bonchev–Trinajstić information content (AvgIpc) is 2.51. The third kappa shape index (κ3) is 4.67. The SMILES string of the molecule is CC.CNc1ncnc(NC2CCC(O)CC2)c1C(C)=N. The summed E-state index contributed by atoms with van der Waals surface area (Å²) in [7, 11) is 1.79. The van der Waals surface area contributed by atoms with Gasteiger partial charge in [-0.1, -0.05) is 13.8 Å². The molecular formula is C15H27N5O. The van der Waals surface area contributed by atoms with Gasteiger partial charge < -0.3 is 21.1 Å². The van der Waals surface area contributed by atoms with E-state index in [0.717, 1.165) is 31.2 Å². The minimum atomic E-state index is -0.166. The molecule has 0 aliphatic heterocycles. The minimum absolute atomic E-state index is 0.166. The van der Waals surface area contributed by atoms with E-state index in [1.807, 2.05) is 13.8 Å². The molecule has 1 aliphatic carbocycles. The van der Waals surface area contributed by atoms with Gasteiger partial charge in [0.1, 0.15) is 18.0 Å². The van der Waals surface area contributed by atoms with E-state index in [0.29, 0.717) is 23.4 Å². The van der Waals surface area contributed by atoms with Gasteiger partial charge in [0, 0.05) is 18.8 Å². The lowest BCUT2D eigenvalue weighted by Crippen LogP contribution is -2.29. The molecule has 0 spiro atoms. The van der Waals surface area contributed by atoms with Crippen LogP contribution in [0.5, 0.6) is 0 Å². The van der Waals surface area contributed by atoms with Crippen LogP contribution < -0.4 is 10.6 Å². The summed E-state index contributed by atoms with van der Waals surface area (Å²) in [4.78, 5) is 8.40. The molecule has 2 rings (SSSR count). The van der Waals surface area contributed by atoms with Crippen molar-refractivity contribution in [2.45, 2.75) is 58.6 Å². The highest BCUT2D eigenvalue weighted by atomic mass is 16.3. The Kier molecular flexibility index (Phi) is 7.08. The molecule has 0 amide bonds. The van der Waals surface area contributed by atoms with Crippen molar-refractivity contribution in [1.29, 1.82) is 5.41 Å². The van der Waals surface area contributed by atoms with E-state index in [2.05, 4.69) is 20.6 Å². The van der Waals surface area contributed by atoms with E-state index in [4.69, 9.17) is 5.41 Å². The highest BCUT2D eigenvalue weighted by Crippen LogP contribution is 2.25. The van der Waals surface area contributed by atoms with Crippen molar-refractivity contribution in [3.05, 3.63) is 11.9 Å². The zero-order valence-electron chi connectivity index (χ0n) is 13.4. The Bertz CT molecular complexity index is 455. The Labute approximate surface area is 126 Å². The van der Waals surface area contributed by atoms with Gasteiger partial charge in [0.25, 0.3) is 0 Å². The third-order valence-electron chi connectivity index (χ3n) is 3.50. The normalized spacial score (nSPS) is 21.0. The quantitative estimate of drug-likeness (QED) is 0.640. The van der Waals surface area contributed by atoms with Crippen molar-refractivity contribution < 1.29 is 5.11 Å². The van der Waals surface area contributed by atoms with E-state index < -0.39 is 0 Å². The number of aliphatic hydroxyl groups is 1. The first-order valence-corrected chi connectivity index (χ1v) is 7.64. The molecule has 4 N–H and O–H groups in total. The summed E-state index contributed by atoms with van der Waals surface area (Å²) < 4.78 is 0. The van der Waals surface area contributed by atoms with E-state index in [1.165, 1.54) is 6.33 Å². The Morgan fingerprint density at radius 3 is 2.29 bits per heavy atom. The van der Waals surface area contributed by atoms with Gasteiger partial charge in [0.2, 0.25) is 0 Å². The third-order valence-corrected chi connectivity index (χ3v) is 3.50. The van der Waals surface area contributed by atoms with Gasteiger partial charge in [0.15, 0.2) is 0 Å². The van der Waals surface area contributed by atoms with Gasteiger partial charge in [-0.05, 0) is 32.6 Å². The summed E-state index contributed by atoms with van der Waals surface area (Å²) in [6.07, 6.45) is 4.83. The van der Waals surface area contributed by atoms with E-state index in [1.54, 1.807) is 14.0 Å². The van der Waals surface area contributed by atoms with Gasteiger partial charge in [-0.25, -0.2) is 9.97 Å². The van der Waals surface area contributed by atoms with E-state index in [-0.39, 0.29) is 6.10 Å². The average molecular weight is 293 g/mol. The fourth-order valence-corrected chi connectivity index (χ4v) is 2.45. The lowest BCUT2D eigenvalue weighted by molar-refractivity contribution is 0.126. The number of nitrogens with one attached hydrogen (secondary N) is 3. The second-order valence-corrected chi connectivity index (χ2v) is 4.97. The molecule has 6 heteroatoms. The fraction of sp³-hybridized carbons (Fsp3) is 0.667. The van der Waals surface area contributed by atoms with Crippen LogP contribution in [0.3, 0.4) is 0 Å². The number of aromatic nitrogens is 2. The molecule has 1 heterocycles. The maximum Gasteiger partial charge on any atom is 0.140 e. The number of hydrogen-bond acceptors (Lipinski definition) is 6. The summed E-state index contributed by atoms with van der Waals surface area (Å²) in [5.74, 6) is 1.37. The van der Waals surface area contributed by atoms with Crippen LogP contribution in [-0.4, -0.2) is 40.0 Å². The molecule has 118 valence electrons. The second-order valence-electron chi connectivity index (χ2n) is 4.97. The van der Waals surface area contributed by atoms with Crippen LogP contribution in [0.25, 0.3) is 0 Å². The molecule has 0 radical (unpaired) electrons. The number of nitrogens with zero attached hydrogens (tertiary/aromatic N) is 2. The summed E-state index contributed by atoms with van der Waals surface area (Å²) in [6, 6.07) is 0.307. The number of rotatable bonds is 4. The molecule has 21 heavy (non-hydrogen) atoms. The molecule has 0 aromatic carbocycles. The minimum Gasteiger partial charge on any atom is -0.393 e. The standard InChI is InChI=1S/C13H21N5O.C2H6/c1-8(14)11-12(15-2)16-7-17-13(11)18-9-3-5-10(19)6-4-9;1-2/h7,9-10,14,19H,3-6H2,1-2H3,(H2,15,16,17,18);1-2H3. The molecule has 1 aliphatic rings. The molecular weight excluding hydrogens is 266 g/mol. The van der Waals surface area contributed by atoms with Gasteiger partial charge in [-0.15, -0.1) is 0 Å². The maximum absolute atomic E-state index is 9.52. The molecule has 0 saturated heterocycles. The fourth-order valence-electron chi connectivity index (χ4n) is 2.45. The van der Waals surface area contributed by atoms with Crippen molar-refractivity contribution in [1.82, 2.24) is 9.97 Å². The Morgan fingerprint density at radius 1 is 1.19 bits per heavy atom. The summed E-state index contributed by atoms with van der Waals surface area (Å²) in [5, 5.41) is 23.8. The number of anilines is 2. The van der Waals surface area contributed by atoms with Gasteiger partial charge in [0.05, 0.1) is 11.7 Å². The predicted octanol–water partition coefficient (Wildman–Crippen LogP) is 2.65. The Hall–Kier alpha value is -1.69. The molecule has 6 nitrogen and oxygen atoms in total. The maximum atomic E-state index is 9.52. The van der Waals surface area contributed by atoms with Crippen molar-refractivity contribution in [3.63, 3.8) is 0 Å². The second kappa shape index (κ2) is 8.56. The van der Waals surface area contributed by atoms with Gasteiger partial charge in [-0.3, -0.25) is 0 Å². The molecule has 0 bridgehead atoms. The van der Waals surface area contributed by atoms with Crippen molar-refractivity contribution in [2.75, 3.05) is 17.7 Å². The lowest BCUT2D eigenvalue weighted by atomic mass is 9.93. The summed E-state index contributed by atoms with van der Waals surface area (Å²) in [6.45, 7) is 5.73. The zero-order valence-corrected chi connectivity index (χ0v) is 13.4. The van der Waals surface area contributed by atoms with Gasteiger partial charge >= 0.3 is 0 Å². The molecule has 0 unspecified atom stereocenters. The predicted molar refractivity (Wildman–Crippen MR) is 87.3 cm³/mol. The molecule has 1 aromatic heterocycles. The molecule has 1 fully saturated rings. The highest BCUT2D eigenvalue weighted by Gasteiger charge is 2.21.